The predicted octanol–water partition coefficient (Wildman–Crippen LogP) is 3.49. The van der Waals surface area contributed by atoms with Crippen molar-refractivity contribution < 1.29 is 28.2 Å². The van der Waals surface area contributed by atoms with Gasteiger partial charge < -0.3 is 20.1 Å². The van der Waals surface area contributed by atoms with Crippen LogP contribution in [-0.2, 0) is 4.79 Å². The number of hydrogen-bond acceptors (Lipinski definition) is 7. The van der Waals surface area contributed by atoms with E-state index in [2.05, 4.69) is 20.5 Å². The summed E-state index contributed by atoms with van der Waals surface area (Å²) in [5.74, 6) is -1.20. The number of nitrogens with zero attached hydrogens (tertiary/aromatic N) is 2. The largest absolute Gasteiger partial charge is 0.492 e. The normalized spacial score (nSPS) is 20.6. The number of ether oxygens (including phenoxy) is 1. The van der Waals surface area contributed by atoms with Crippen LogP contribution in [0.1, 0.15) is 56.3 Å². The highest BCUT2D eigenvalue weighted by Crippen LogP contribution is 2.27. The lowest BCUT2D eigenvalue weighted by molar-refractivity contribution is -0.121. The second kappa shape index (κ2) is 12.9. The summed E-state index contributed by atoms with van der Waals surface area (Å²) >= 11 is 0. The number of aliphatic hydroxyl groups is 1. The van der Waals surface area contributed by atoms with Crippen molar-refractivity contribution in [3.8, 4) is 17.0 Å². The fourth-order valence-corrected chi connectivity index (χ4v) is 5.08. The summed E-state index contributed by atoms with van der Waals surface area (Å²) in [7, 11) is 0. The molecule has 1 aromatic heterocycles. The molecule has 2 aliphatic rings. The number of amides is 2. The fourth-order valence-electron chi connectivity index (χ4n) is 5.08. The van der Waals surface area contributed by atoms with Crippen LogP contribution in [0, 0.1) is 11.7 Å². The Kier molecular flexibility index (Phi) is 9.63. The Balaban J connectivity index is 1.26. The van der Waals surface area contributed by atoms with Gasteiger partial charge in [-0.25, -0.2) is 8.78 Å². The van der Waals surface area contributed by atoms with Gasteiger partial charge in [0, 0.05) is 18.7 Å². The molecule has 2 aromatic rings. The monoisotopic (exact) mass is 544 g/mol. The highest BCUT2D eigenvalue weighted by Gasteiger charge is 2.31. The highest BCUT2D eigenvalue weighted by molar-refractivity contribution is 6.06. The average Bonchev–Trinajstić information content (AvgIpc) is 3.39. The number of benzene rings is 1. The lowest BCUT2D eigenvalue weighted by atomic mass is 9.94. The second-order valence-electron chi connectivity index (χ2n) is 10.6. The van der Waals surface area contributed by atoms with Gasteiger partial charge in [-0.1, -0.05) is 19.9 Å². The van der Waals surface area contributed by atoms with Crippen molar-refractivity contribution in [3.05, 3.63) is 47.9 Å². The van der Waals surface area contributed by atoms with Crippen molar-refractivity contribution in [2.45, 2.75) is 63.8 Å². The van der Waals surface area contributed by atoms with Crippen LogP contribution in [0.15, 0.2) is 36.5 Å². The summed E-state index contributed by atoms with van der Waals surface area (Å²) in [6, 6.07) is 6.90. The van der Waals surface area contributed by atoms with E-state index in [0.29, 0.717) is 48.9 Å². The van der Waals surface area contributed by atoms with Crippen molar-refractivity contribution >= 4 is 11.8 Å². The summed E-state index contributed by atoms with van der Waals surface area (Å²) in [5.41, 5.74) is -0.358. The van der Waals surface area contributed by atoms with E-state index >= 15 is 0 Å². The van der Waals surface area contributed by atoms with Crippen molar-refractivity contribution in [1.29, 1.82) is 0 Å². The molecule has 0 radical (unpaired) electrons. The van der Waals surface area contributed by atoms with Gasteiger partial charge in [-0.05, 0) is 75.4 Å². The van der Waals surface area contributed by atoms with Crippen LogP contribution < -0.4 is 15.4 Å². The minimum absolute atomic E-state index is 0.199. The third-order valence-corrected chi connectivity index (χ3v) is 7.87. The molecule has 10 heteroatoms. The lowest BCUT2D eigenvalue weighted by Gasteiger charge is -2.36. The number of β-amino-alcohol motifs (C(OH)–C–C–N with tert-alkyl or cyclic N) is 1. The van der Waals surface area contributed by atoms with E-state index in [1.165, 1.54) is 12.1 Å². The van der Waals surface area contributed by atoms with E-state index in [0.717, 1.165) is 25.9 Å². The zero-order valence-corrected chi connectivity index (χ0v) is 22.6. The molecule has 4 rings (SSSR count). The van der Waals surface area contributed by atoms with Gasteiger partial charge in [-0.15, -0.1) is 0 Å². The number of pyridine rings is 1. The number of hydrogen-bond donors (Lipinski definition) is 3. The Bertz CT molecular complexity index is 1130. The first kappa shape index (κ1) is 29.0. The van der Waals surface area contributed by atoms with Gasteiger partial charge in [0.2, 0.25) is 5.91 Å². The number of carbonyl (C=O) groups is 2. The van der Waals surface area contributed by atoms with E-state index in [4.69, 9.17) is 4.74 Å². The molecule has 3 heterocycles. The molecule has 8 nitrogen and oxygen atoms in total. The predicted molar refractivity (Wildman–Crippen MR) is 144 cm³/mol. The van der Waals surface area contributed by atoms with E-state index in [9.17, 15) is 23.5 Å². The summed E-state index contributed by atoms with van der Waals surface area (Å²) in [6.45, 7) is 6.86. The molecule has 3 N–H and O–H groups in total. The molecule has 0 aliphatic carbocycles. The molecule has 212 valence electrons. The molecule has 2 atom stereocenters. The van der Waals surface area contributed by atoms with E-state index in [-0.39, 0.29) is 18.5 Å². The Morgan fingerprint density at radius 3 is 2.54 bits per heavy atom. The first-order chi connectivity index (χ1) is 18.7. The van der Waals surface area contributed by atoms with Crippen LogP contribution in [0.25, 0.3) is 11.3 Å². The van der Waals surface area contributed by atoms with Gasteiger partial charge in [-0.3, -0.25) is 19.9 Å². The standard InChI is InChI=1S/C29H38F2N4O4/c1-3-29(31,4-2)18-35-11-9-19(10-12-35)17-39-22-6-8-25(33-16-22)20-5-7-23(24(30)13-20)27(37)34-28(38)26-14-21(36)15-32-26/h5-8,13,16,19,21,26,32,36H,3-4,9-12,14-15,17-18H2,1-2H3,(H,34,37,38)/t21-,26+/m1/s1. The smallest absolute Gasteiger partial charge is 0.260 e. The van der Waals surface area contributed by atoms with E-state index < -0.39 is 35.4 Å². The van der Waals surface area contributed by atoms with Gasteiger partial charge in [0.25, 0.3) is 5.91 Å². The zero-order chi connectivity index (χ0) is 28.0. The fraction of sp³-hybridized carbons (Fsp3) is 0.552. The van der Waals surface area contributed by atoms with Crippen LogP contribution in [-0.4, -0.2) is 77.4 Å². The minimum Gasteiger partial charge on any atom is -0.492 e. The third-order valence-electron chi connectivity index (χ3n) is 7.87. The van der Waals surface area contributed by atoms with Crippen molar-refractivity contribution in [2.75, 3.05) is 32.8 Å². The van der Waals surface area contributed by atoms with E-state index in [1.54, 1.807) is 24.4 Å². The number of imide groups is 1. The number of likely N-dealkylation sites (tertiary alicyclic amines) is 1. The van der Waals surface area contributed by atoms with Crippen LogP contribution in [0.3, 0.4) is 0 Å². The molecule has 1 aromatic carbocycles. The number of carbonyl (C=O) groups excluding carboxylic acids is 2. The number of aliphatic hydroxyl groups excluding tert-OH is 1. The molecule has 0 saturated carbocycles. The zero-order valence-electron chi connectivity index (χ0n) is 22.6. The maximum absolute atomic E-state index is 14.7. The van der Waals surface area contributed by atoms with Crippen LogP contribution in [0.4, 0.5) is 8.78 Å². The maximum atomic E-state index is 14.7. The summed E-state index contributed by atoms with van der Waals surface area (Å²) in [5, 5.41) is 14.5. The topological polar surface area (TPSA) is 104 Å². The minimum atomic E-state index is -1.11. The van der Waals surface area contributed by atoms with Crippen molar-refractivity contribution in [3.63, 3.8) is 0 Å². The number of aromatic nitrogens is 1. The van der Waals surface area contributed by atoms with E-state index in [1.807, 2.05) is 13.8 Å². The molecular weight excluding hydrogens is 506 g/mol. The highest BCUT2D eigenvalue weighted by atomic mass is 19.1. The summed E-state index contributed by atoms with van der Waals surface area (Å²) < 4.78 is 35.4. The number of alkyl halides is 1. The molecule has 2 saturated heterocycles. The Hall–Kier alpha value is -2.95. The lowest BCUT2D eigenvalue weighted by Crippen LogP contribution is -2.44. The molecule has 0 bridgehead atoms. The Morgan fingerprint density at radius 2 is 1.95 bits per heavy atom. The van der Waals surface area contributed by atoms with Gasteiger partial charge in [0.15, 0.2) is 0 Å². The number of halogens is 2. The van der Waals surface area contributed by atoms with Gasteiger partial charge >= 0.3 is 0 Å². The molecule has 2 fully saturated rings. The Labute approximate surface area is 228 Å². The first-order valence-electron chi connectivity index (χ1n) is 13.8. The third kappa shape index (κ3) is 7.58. The first-order valence-corrected chi connectivity index (χ1v) is 13.8. The number of nitrogens with one attached hydrogen (secondary N) is 2. The van der Waals surface area contributed by atoms with Crippen LogP contribution >= 0.6 is 0 Å². The van der Waals surface area contributed by atoms with Crippen LogP contribution in [0.5, 0.6) is 5.75 Å². The SMILES string of the molecule is CCC(F)(CC)CN1CCC(COc2ccc(-c3ccc(C(=O)NC(=O)[C@@H]4C[C@@H](O)CN4)c(F)c3)nc2)CC1. The second-order valence-corrected chi connectivity index (χ2v) is 10.6. The molecular formula is C29H38F2N4O4. The Morgan fingerprint density at radius 1 is 1.21 bits per heavy atom. The van der Waals surface area contributed by atoms with Crippen LogP contribution in [0.2, 0.25) is 0 Å². The maximum Gasteiger partial charge on any atom is 0.260 e. The van der Waals surface area contributed by atoms with Crippen molar-refractivity contribution in [1.82, 2.24) is 20.5 Å². The number of piperidine rings is 1. The molecule has 0 unspecified atom stereocenters. The van der Waals surface area contributed by atoms with Gasteiger partial charge in [-0.2, -0.15) is 0 Å². The summed E-state index contributed by atoms with van der Waals surface area (Å²) in [6.07, 6.45) is 4.12. The molecule has 2 amide bonds. The average molecular weight is 545 g/mol. The number of rotatable bonds is 10. The molecule has 39 heavy (non-hydrogen) atoms. The summed E-state index contributed by atoms with van der Waals surface area (Å²) in [4.78, 5) is 31.2. The quantitative estimate of drug-likeness (QED) is 0.394. The van der Waals surface area contributed by atoms with Crippen molar-refractivity contribution in [2.24, 2.45) is 5.92 Å². The molecule has 0 spiro atoms. The molecule has 2 aliphatic heterocycles. The van der Waals surface area contributed by atoms with Gasteiger partial charge in [0.1, 0.15) is 17.2 Å². The van der Waals surface area contributed by atoms with Gasteiger partial charge in [0.05, 0.1) is 36.2 Å².